The van der Waals surface area contributed by atoms with Crippen molar-refractivity contribution in [1.29, 1.82) is 0 Å². The minimum atomic E-state index is -0.358. The third-order valence-electron chi connectivity index (χ3n) is 6.33. The average molecular weight is 506 g/mol. The van der Waals surface area contributed by atoms with Crippen LogP contribution in [0.4, 0.5) is 28.1 Å². The zero-order valence-corrected chi connectivity index (χ0v) is 20.8. The Hall–Kier alpha value is -3.80. The van der Waals surface area contributed by atoms with Gasteiger partial charge in [-0.3, -0.25) is 0 Å². The molecule has 11 heteroatoms. The first-order chi connectivity index (χ1) is 18.1. The van der Waals surface area contributed by atoms with E-state index in [1.807, 2.05) is 24.3 Å². The number of carbonyl (C=O) groups is 1. The van der Waals surface area contributed by atoms with Gasteiger partial charge >= 0.3 is 6.03 Å². The number of carbonyl (C=O) groups excluding carboxylic acids is 1. The van der Waals surface area contributed by atoms with Crippen LogP contribution in [0.2, 0.25) is 0 Å². The van der Waals surface area contributed by atoms with E-state index < -0.39 is 0 Å². The van der Waals surface area contributed by atoms with Crippen LogP contribution in [0.15, 0.2) is 48.5 Å². The lowest BCUT2D eigenvalue weighted by atomic mass is 10.2. The maximum absolute atomic E-state index is 12.4. The molecule has 2 fully saturated rings. The van der Waals surface area contributed by atoms with Crippen molar-refractivity contribution in [2.24, 2.45) is 0 Å². The van der Waals surface area contributed by atoms with Crippen LogP contribution in [0.25, 0.3) is 11.4 Å². The zero-order chi connectivity index (χ0) is 25.6. The van der Waals surface area contributed by atoms with Gasteiger partial charge in [0.2, 0.25) is 11.9 Å². The van der Waals surface area contributed by atoms with Crippen LogP contribution in [0, 0.1) is 0 Å². The summed E-state index contributed by atoms with van der Waals surface area (Å²) in [6.45, 7) is 6.76. The molecule has 0 bridgehead atoms. The number of aliphatic hydroxyl groups is 1. The van der Waals surface area contributed by atoms with Crippen molar-refractivity contribution in [3.05, 3.63) is 54.1 Å². The number of rotatable bonds is 6. The second kappa shape index (κ2) is 11.5. The number of urea groups is 1. The summed E-state index contributed by atoms with van der Waals surface area (Å²) in [7, 11) is 0. The molecule has 5 rings (SSSR count). The van der Waals surface area contributed by atoms with E-state index in [2.05, 4.69) is 27.4 Å². The van der Waals surface area contributed by atoms with E-state index in [9.17, 15) is 4.79 Å². The number of aromatic nitrogens is 3. The van der Waals surface area contributed by atoms with E-state index in [1.165, 1.54) is 0 Å². The minimum absolute atomic E-state index is 0.0408. The molecule has 0 unspecified atom stereocenters. The summed E-state index contributed by atoms with van der Waals surface area (Å²) in [5.41, 5.74) is 2.88. The summed E-state index contributed by atoms with van der Waals surface area (Å²) in [5, 5.41) is 14.8. The zero-order valence-electron chi connectivity index (χ0n) is 20.8. The molecular weight excluding hydrogens is 474 g/mol. The highest BCUT2D eigenvalue weighted by atomic mass is 16.5. The number of amides is 2. The van der Waals surface area contributed by atoms with Gasteiger partial charge in [0, 0.05) is 36.6 Å². The number of hydrogen-bond acceptors (Lipinski definition) is 9. The van der Waals surface area contributed by atoms with Crippen molar-refractivity contribution in [3.8, 4) is 11.4 Å². The van der Waals surface area contributed by atoms with Gasteiger partial charge in [-0.25, -0.2) is 4.79 Å². The predicted molar refractivity (Wildman–Crippen MR) is 141 cm³/mol. The van der Waals surface area contributed by atoms with E-state index in [0.29, 0.717) is 62.1 Å². The summed E-state index contributed by atoms with van der Waals surface area (Å²) in [6.07, 6.45) is 0. The topological polar surface area (TPSA) is 125 Å². The molecule has 2 aliphatic heterocycles. The lowest BCUT2D eigenvalue weighted by Gasteiger charge is -2.34. The average Bonchev–Trinajstić information content (AvgIpc) is 2.94. The highest BCUT2D eigenvalue weighted by Gasteiger charge is 2.25. The molecule has 194 valence electrons. The van der Waals surface area contributed by atoms with Crippen molar-refractivity contribution in [2.45, 2.75) is 19.6 Å². The number of ether oxygens (including phenoxy) is 2. The maximum Gasteiger partial charge on any atom is 0.323 e. The molecule has 0 aliphatic carbocycles. The van der Waals surface area contributed by atoms with Crippen LogP contribution >= 0.6 is 0 Å². The van der Waals surface area contributed by atoms with Crippen molar-refractivity contribution >= 4 is 29.3 Å². The van der Waals surface area contributed by atoms with Gasteiger partial charge in [0.25, 0.3) is 0 Å². The van der Waals surface area contributed by atoms with Crippen molar-refractivity contribution < 1.29 is 19.4 Å². The van der Waals surface area contributed by atoms with Gasteiger partial charge in [0.15, 0.2) is 5.82 Å². The van der Waals surface area contributed by atoms with Gasteiger partial charge in [0.05, 0.1) is 39.1 Å². The standard InChI is InChI=1S/C26H31N7O4/c1-18-17-37-15-12-33(18)25-30-23(29-24(31-25)32-10-13-36-14-11-32)20-4-8-22(9-5-20)28-26(35)27-21-6-2-19(16-34)3-7-21/h2-9,18,34H,10-17H2,1H3,(H2,27,28,35)/t18-/m0/s1. The predicted octanol–water partition coefficient (Wildman–Crippen LogP) is 2.74. The number of nitrogens with one attached hydrogen (secondary N) is 2. The fraction of sp³-hybridized carbons (Fsp3) is 0.385. The molecule has 2 saturated heterocycles. The van der Waals surface area contributed by atoms with Gasteiger partial charge < -0.3 is 35.0 Å². The molecule has 3 heterocycles. The second-order valence-electron chi connectivity index (χ2n) is 8.99. The van der Waals surface area contributed by atoms with Gasteiger partial charge in [-0.1, -0.05) is 12.1 Å². The van der Waals surface area contributed by atoms with Gasteiger partial charge in [0.1, 0.15) is 0 Å². The molecule has 0 saturated carbocycles. The Bertz CT molecular complexity index is 1200. The van der Waals surface area contributed by atoms with Crippen LogP contribution in [-0.2, 0) is 16.1 Å². The van der Waals surface area contributed by atoms with E-state index in [0.717, 1.165) is 24.2 Å². The van der Waals surface area contributed by atoms with E-state index in [4.69, 9.17) is 29.5 Å². The number of aliphatic hydroxyl groups excluding tert-OH is 1. The Morgan fingerprint density at radius 1 is 0.892 bits per heavy atom. The third kappa shape index (κ3) is 6.13. The van der Waals surface area contributed by atoms with E-state index >= 15 is 0 Å². The molecule has 3 aromatic rings. The smallest absolute Gasteiger partial charge is 0.323 e. The largest absolute Gasteiger partial charge is 0.392 e. The quantitative estimate of drug-likeness (QED) is 0.464. The fourth-order valence-corrected chi connectivity index (χ4v) is 4.23. The normalized spacial score (nSPS) is 17.9. The van der Waals surface area contributed by atoms with Crippen molar-refractivity contribution in [3.63, 3.8) is 0 Å². The van der Waals surface area contributed by atoms with E-state index in [1.54, 1.807) is 24.3 Å². The van der Waals surface area contributed by atoms with E-state index in [-0.39, 0.29) is 18.7 Å². The molecule has 0 spiro atoms. The molecule has 2 aromatic carbocycles. The van der Waals surface area contributed by atoms with Gasteiger partial charge in [-0.05, 0) is 48.9 Å². The molecule has 3 N–H and O–H groups in total. The number of nitrogens with zero attached hydrogens (tertiary/aromatic N) is 5. The molecule has 1 atom stereocenters. The Morgan fingerprint density at radius 2 is 1.51 bits per heavy atom. The first kappa shape index (κ1) is 24.9. The molecule has 0 radical (unpaired) electrons. The lowest BCUT2D eigenvalue weighted by Crippen LogP contribution is -2.45. The third-order valence-corrected chi connectivity index (χ3v) is 6.33. The van der Waals surface area contributed by atoms with Crippen molar-refractivity contribution in [2.75, 3.05) is 66.5 Å². The number of morpholine rings is 2. The second-order valence-corrected chi connectivity index (χ2v) is 8.99. The van der Waals surface area contributed by atoms with Crippen LogP contribution < -0.4 is 20.4 Å². The molecule has 37 heavy (non-hydrogen) atoms. The highest BCUT2D eigenvalue weighted by molar-refractivity contribution is 5.99. The van der Waals surface area contributed by atoms with Crippen LogP contribution in [0.1, 0.15) is 12.5 Å². The van der Waals surface area contributed by atoms with Crippen LogP contribution in [0.3, 0.4) is 0 Å². The SMILES string of the molecule is C[C@H]1COCCN1c1nc(-c2ccc(NC(=O)Nc3ccc(CO)cc3)cc2)nc(N2CCOCC2)n1. The Kier molecular flexibility index (Phi) is 7.73. The first-order valence-electron chi connectivity index (χ1n) is 12.4. The lowest BCUT2D eigenvalue weighted by molar-refractivity contribution is 0.0980. The Labute approximate surface area is 215 Å². The monoisotopic (exact) mass is 505 g/mol. The summed E-state index contributed by atoms with van der Waals surface area (Å²) in [5.74, 6) is 1.84. The Morgan fingerprint density at radius 3 is 2.16 bits per heavy atom. The van der Waals surface area contributed by atoms with Gasteiger partial charge in [-0.2, -0.15) is 15.0 Å². The first-order valence-corrected chi connectivity index (χ1v) is 12.4. The number of hydrogen-bond donors (Lipinski definition) is 3. The molecule has 11 nitrogen and oxygen atoms in total. The summed E-state index contributed by atoms with van der Waals surface area (Å²) < 4.78 is 11.1. The highest BCUT2D eigenvalue weighted by Crippen LogP contribution is 2.25. The summed E-state index contributed by atoms with van der Waals surface area (Å²) >= 11 is 0. The number of anilines is 4. The van der Waals surface area contributed by atoms with Crippen LogP contribution in [-0.4, -0.2) is 78.2 Å². The van der Waals surface area contributed by atoms with Crippen molar-refractivity contribution in [1.82, 2.24) is 15.0 Å². The minimum Gasteiger partial charge on any atom is -0.392 e. The fourth-order valence-electron chi connectivity index (χ4n) is 4.23. The van der Waals surface area contributed by atoms with Crippen LogP contribution in [0.5, 0.6) is 0 Å². The Balaban J connectivity index is 1.34. The summed E-state index contributed by atoms with van der Waals surface area (Å²) in [4.78, 5) is 31.1. The molecule has 2 aliphatic rings. The maximum atomic E-state index is 12.4. The van der Waals surface area contributed by atoms with Gasteiger partial charge in [-0.15, -0.1) is 0 Å². The molecular formula is C26H31N7O4. The molecule has 1 aromatic heterocycles. The number of benzene rings is 2. The molecule has 2 amide bonds. The summed E-state index contributed by atoms with van der Waals surface area (Å²) in [6, 6.07) is 14.2.